The van der Waals surface area contributed by atoms with Gasteiger partial charge in [-0.15, -0.1) is 0 Å². The van der Waals surface area contributed by atoms with Gasteiger partial charge in [0, 0.05) is 30.8 Å². The molecule has 1 aromatic heterocycles. The average Bonchev–Trinajstić information content (AvgIpc) is 2.31. The van der Waals surface area contributed by atoms with Gasteiger partial charge < -0.3 is 0 Å². The molecule has 0 aliphatic heterocycles. The fourth-order valence-electron chi connectivity index (χ4n) is 2.15. The Balaban J connectivity index is 2.28. The molecule has 1 aromatic rings. The van der Waals surface area contributed by atoms with Crippen LogP contribution in [-0.2, 0) is 5.41 Å². The summed E-state index contributed by atoms with van der Waals surface area (Å²) >= 11 is 0. The first-order chi connectivity index (χ1) is 7.97. The van der Waals surface area contributed by atoms with E-state index < -0.39 is 11.3 Å². The van der Waals surface area contributed by atoms with Crippen molar-refractivity contribution in [3.8, 4) is 6.07 Å². The molecule has 0 spiro atoms. The number of halogens is 2. The molecule has 1 saturated carbocycles. The lowest BCUT2D eigenvalue weighted by molar-refractivity contribution is -0.0454. The maximum atomic E-state index is 13.1. The fraction of sp³-hybridized carbons (Fsp3) is 0.583. The summed E-state index contributed by atoms with van der Waals surface area (Å²) in [5.41, 5.74) is -0.184. The molecule has 0 amide bonds. The molecule has 1 heterocycles. The summed E-state index contributed by atoms with van der Waals surface area (Å²) in [5, 5.41) is 9.28. The van der Waals surface area contributed by atoms with Crippen molar-refractivity contribution < 1.29 is 8.78 Å². The Kier molecular flexibility index (Phi) is 2.82. The third-order valence-electron chi connectivity index (χ3n) is 3.38. The van der Waals surface area contributed by atoms with Gasteiger partial charge in [-0.3, -0.25) is 0 Å². The Morgan fingerprint density at radius 2 is 1.71 bits per heavy atom. The highest BCUT2D eigenvalue weighted by atomic mass is 19.3. The predicted molar refractivity (Wildman–Crippen MR) is 57.5 cm³/mol. The number of nitriles is 1. The average molecular weight is 237 g/mol. The van der Waals surface area contributed by atoms with Crippen LogP contribution in [0.4, 0.5) is 8.78 Å². The van der Waals surface area contributed by atoms with Crippen LogP contribution in [0.1, 0.15) is 37.1 Å². The molecule has 1 aliphatic carbocycles. The van der Waals surface area contributed by atoms with E-state index in [2.05, 4.69) is 16.0 Å². The smallest absolute Gasteiger partial charge is 0.241 e. The quantitative estimate of drug-likeness (QED) is 0.754. The minimum atomic E-state index is -2.63. The molecule has 0 aromatic carbocycles. The molecule has 0 atom stereocenters. The zero-order chi connectivity index (χ0) is 12.5. The van der Waals surface area contributed by atoms with Crippen molar-refractivity contribution >= 4 is 0 Å². The van der Waals surface area contributed by atoms with E-state index >= 15 is 0 Å². The largest absolute Gasteiger partial charge is 0.248 e. The van der Waals surface area contributed by atoms with Crippen LogP contribution in [0.2, 0.25) is 0 Å². The van der Waals surface area contributed by atoms with Crippen molar-refractivity contribution in [3.05, 3.63) is 23.8 Å². The molecular formula is C12H13F2N3. The van der Waals surface area contributed by atoms with E-state index in [1.807, 2.05) is 0 Å². The van der Waals surface area contributed by atoms with Gasteiger partial charge in [0.15, 0.2) is 0 Å². The summed E-state index contributed by atoms with van der Waals surface area (Å²) in [6, 6.07) is 2.18. The zero-order valence-electron chi connectivity index (χ0n) is 9.58. The standard InChI is InChI=1S/C12H13F2N3/c1-9-16-6-10(7-17-9)11(8-15)2-4-12(13,14)5-3-11/h6-7H,2-5H2,1H3. The van der Waals surface area contributed by atoms with Crippen molar-refractivity contribution in [3.63, 3.8) is 0 Å². The van der Waals surface area contributed by atoms with Crippen molar-refractivity contribution in [2.45, 2.75) is 43.9 Å². The molecule has 1 aliphatic rings. The summed E-state index contributed by atoms with van der Waals surface area (Å²) in [5.74, 6) is -2.02. The van der Waals surface area contributed by atoms with Crippen LogP contribution in [0, 0.1) is 18.3 Å². The van der Waals surface area contributed by atoms with Crippen LogP contribution in [0.5, 0.6) is 0 Å². The van der Waals surface area contributed by atoms with E-state index in [-0.39, 0.29) is 25.7 Å². The molecule has 3 nitrogen and oxygen atoms in total. The molecule has 0 unspecified atom stereocenters. The number of hydrogen-bond donors (Lipinski definition) is 0. The third kappa shape index (κ3) is 2.26. The molecule has 5 heteroatoms. The van der Waals surface area contributed by atoms with E-state index in [0.717, 1.165) is 0 Å². The van der Waals surface area contributed by atoms with Crippen molar-refractivity contribution in [1.82, 2.24) is 9.97 Å². The zero-order valence-corrected chi connectivity index (χ0v) is 9.58. The Hall–Kier alpha value is -1.57. The lowest BCUT2D eigenvalue weighted by atomic mass is 9.70. The summed E-state index contributed by atoms with van der Waals surface area (Å²) < 4.78 is 26.2. The number of rotatable bonds is 1. The predicted octanol–water partition coefficient (Wildman–Crippen LogP) is 2.76. The van der Waals surface area contributed by atoms with E-state index in [0.29, 0.717) is 11.4 Å². The number of aryl methyl sites for hydroxylation is 1. The number of hydrogen-bond acceptors (Lipinski definition) is 3. The molecule has 0 radical (unpaired) electrons. The molecule has 17 heavy (non-hydrogen) atoms. The van der Waals surface area contributed by atoms with Gasteiger partial charge in [0.25, 0.3) is 0 Å². The van der Waals surface area contributed by atoms with E-state index in [4.69, 9.17) is 0 Å². The summed E-state index contributed by atoms with van der Waals surface area (Å²) in [4.78, 5) is 8.07. The van der Waals surface area contributed by atoms with Crippen molar-refractivity contribution in [2.75, 3.05) is 0 Å². The van der Waals surface area contributed by atoms with Crippen LogP contribution in [-0.4, -0.2) is 15.9 Å². The highest BCUT2D eigenvalue weighted by Crippen LogP contribution is 2.44. The van der Waals surface area contributed by atoms with Gasteiger partial charge in [-0.2, -0.15) is 5.26 Å². The Morgan fingerprint density at radius 1 is 1.18 bits per heavy atom. The van der Waals surface area contributed by atoms with Gasteiger partial charge in [0.1, 0.15) is 5.82 Å². The lowest BCUT2D eigenvalue weighted by Gasteiger charge is -2.34. The van der Waals surface area contributed by atoms with Crippen LogP contribution >= 0.6 is 0 Å². The maximum Gasteiger partial charge on any atom is 0.248 e. The molecule has 0 bridgehead atoms. The summed E-state index contributed by atoms with van der Waals surface area (Å²) in [6.45, 7) is 1.75. The van der Waals surface area contributed by atoms with Crippen LogP contribution in [0.25, 0.3) is 0 Å². The van der Waals surface area contributed by atoms with E-state index in [1.54, 1.807) is 19.3 Å². The van der Waals surface area contributed by atoms with Crippen LogP contribution in [0.3, 0.4) is 0 Å². The lowest BCUT2D eigenvalue weighted by Crippen LogP contribution is -2.35. The first-order valence-electron chi connectivity index (χ1n) is 5.56. The number of alkyl halides is 2. The van der Waals surface area contributed by atoms with Gasteiger partial charge in [0.05, 0.1) is 11.5 Å². The topological polar surface area (TPSA) is 49.6 Å². The minimum absolute atomic E-state index is 0.170. The second-order valence-corrected chi connectivity index (χ2v) is 4.57. The second kappa shape index (κ2) is 4.02. The third-order valence-corrected chi connectivity index (χ3v) is 3.38. The van der Waals surface area contributed by atoms with Gasteiger partial charge >= 0.3 is 0 Å². The molecule has 1 fully saturated rings. The maximum absolute atomic E-state index is 13.1. The SMILES string of the molecule is Cc1ncc(C2(C#N)CCC(F)(F)CC2)cn1. The highest BCUT2D eigenvalue weighted by molar-refractivity contribution is 5.29. The first-order valence-corrected chi connectivity index (χ1v) is 5.56. The van der Waals surface area contributed by atoms with Crippen LogP contribution in [0.15, 0.2) is 12.4 Å². The summed E-state index contributed by atoms with van der Waals surface area (Å²) in [6.07, 6.45) is 3.01. The Labute approximate surface area is 98.5 Å². The van der Waals surface area contributed by atoms with E-state index in [1.165, 1.54) is 0 Å². The van der Waals surface area contributed by atoms with Gasteiger partial charge in [-0.05, 0) is 19.8 Å². The minimum Gasteiger partial charge on any atom is -0.241 e. The van der Waals surface area contributed by atoms with Gasteiger partial charge in [0.2, 0.25) is 5.92 Å². The monoisotopic (exact) mass is 237 g/mol. The normalized spacial score (nSPS) is 21.8. The van der Waals surface area contributed by atoms with Crippen LogP contribution < -0.4 is 0 Å². The Bertz CT molecular complexity index is 438. The summed E-state index contributed by atoms with van der Waals surface area (Å²) in [7, 11) is 0. The highest BCUT2D eigenvalue weighted by Gasteiger charge is 2.44. The fourth-order valence-corrected chi connectivity index (χ4v) is 2.15. The molecular weight excluding hydrogens is 224 g/mol. The van der Waals surface area contributed by atoms with Crippen molar-refractivity contribution in [2.24, 2.45) is 0 Å². The molecule has 0 N–H and O–H groups in total. The molecule has 2 rings (SSSR count). The number of aromatic nitrogens is 2. The molecule has 90 valence electrons. The molecule has 0 saturated heterocycles. The number of nitrogens with zero attached hydrogens (tertiary/aromatic N) is 3. The Morgan fingerprint density at radius 3 is 2.18 bits per heavy atom. The van der Waals surface area contributed by atoms with Gasteiger partial charge in [-0.1, -0.05) is 0 Å². The van der Waals surface area contributed by atoms with Gasteiger partial charge in [-0.25, -0.2) is 18.7 Å². The van der Waals surface area contributed by atoms with Crippen molar-refractivity contribution in [1.29, 1.82) is 5.26 Å². The van der Waals surface area contributed by atoms with E-state index in [9.17, 15) is 14.0 Å². The first kappa shape index (κ1) is 11.9. The second-order valence-electron chi connectivity index (χ2n) is 4.57.